The van der Waals surface area contributed by atoms with Crippen molar-refractivity contribution in [2.24, 2.45) is 0 Å². The van der Waals surface area contributed by atoms with E-state index in [0.29, 0.717) is 0 Å². The number of benzene rings is 3. The van der Waals surface area contributed by atoms with E-state index >= 15 is 0 Å². The zero-order chi connectivity index (χ0) is 19.9. The predicted octanol–water partition coefficient (Wildman–Crippen LogP) is 5.00. The molecule has 0 aromatic heterocycles. The van der Waals surface area contributed by atoms with Gasteiger partial charge in [-0.05, 0) is 0 Å². The second-order valence-electron chi connectivity index (χ2n) is 7.32. The summed E-state index contributed by atoms with van der Waals surface area (Å²) in [7, 11) is 0. The number of hydrogen-bond donors (Lipinski definition) is 0. The molecule has 0 amide bonds. The summed E-state index contributed by atoms with van der Waals surface area (Å²) in [6.45, 7) is 9.36. The Morgan fingerprint density at radius 1 is 0.679 bits per heavy atom. The molecule has 0 aliphatic heterocycles. The fourth-order valence-electron chi connectivity index (χ4n) is 4.44. The third-order valence-electron chi connectivity index (χ3n) is 6.22. The molecule has 0 N–H and O–H groups in total. The molecule has 3 aromatic rings. The molecule has 0 saturated carbocycles. The van der Waals surface area contributed by atoms with Crippen LogP contribution >= 0.6 is 6.60 Å². The van der Waals surface area contributed by atoms with Crippen LogP contribution in [0.2, 0.25) is 0 Å². The van der Waals surface area contributed by atoms with Crippen LogP contribution in [0.1, 0.15) is 13.8 Å². The normalized spacial score (nSPS) is 13.0. The van der Waals surface area contributed by atoms with Crippen molar-refractivity contribution in [2.45, 2.75) is 13.8 Å². The molecule has 0 aliphatic rings. The molecule has 0 aliphatic carbocycles. The molecule has 0 fully saturated rings. The SMILES string of the molecule is C=CP(CCN(CC)CC)(c1ccccc1)(c1ccccc1)c1ccccc1. The zero-order valence-corrected chi connectivity index (χ0v) is 18.1. The Morgan fingerprint density at radius 2 is 1.04 bits per heavy atom. The number of nitrogens with zero attached hydrogens (tertiary/aromatic N) is 1. The Balaban J connectivity index is 2.37. The maximum atomic E-state index is 4.50. The molecule has 0 bridgehead atoms. The van der Waals surface area contributed by atoms with Crippen LogP contribution < -0.4 is 15.9 Å². The molecule has 28 heavy (non-hydrogen) atoms. The first kappa shape index (κ1) is 20.5. The van der Waals surface area contributed by atoms with Crippen molar-refractivity contribution in [3.05, 3.63) is 103 Å². The first-order chi connectivity index (χ1) is 13.7. The van der Waals surface area contributed by atoms with Crippen molar-refractivity contribution in [2.75, 3.05) is 25.8 Å². The van der Waals surface area contributed by atoms with Crippen molar-refractivity contribution in [1.82, 2.24) is 4.90 Å². The van der Waals surface area contributed by atoms with Gasteiger partial charge in [-0.3, -0.25) is 0 Å². The van der Waals surface area contributed by atoms with E-state index in [1.807, 2.05) is 0 Å². The second kappa shape index (κ2) is 8.86. The van der Waals surface area contributed by atoms with Crippen molar-refractivity contribution < 1.29 is 0 Å². The van der Waals surface area contributed by atoms with Gasteiger partial charge >= 0.3 is 170 Å². The monoisotopic (exact) mass is 389 g/mol. The van der Waals surface area contributed by atoms with Crippen molar-refractivity contribution in [3.63, 3.8) is 0 Å². The summed E-state index contributed by atoms with van der Waals surface area (Å²) in [6.07, 6.45) is 1.06. The summed E-state index contributed by atoms with van der Waals surface area (Å²) in [5, 5.41) is 4.19. The Bertz CT molecular complexity index is 771. The molecule has 146 valence electrons. The molecule has 0 spiro atoms. The average Bonchev–Trinajstić information content (AvgIpc) is 2.79. The van der Waals surface area contributed by atoms with Gasteiger partial charge in [0.2, 0.25) is 0 Å². The van der Waals surface area contributed by atoms with E-state index in [-0.39, 0.29) is 0 Å². The van der Waals surface area contributed by atoms with Crippen molar-refractivity contribution in [3.8, 4) is 0 Å². The summed E-state index contributed by atoms with van der Waals surface area (Å²) < 4.78 is 0. The Morgan fingerprint density at radius 3 is 1.32 bits per heavy atom. The van der Waals surface area contributed by atoms with Crippen LogP contribution in [-0.4, -0.2) is 30.7 Å². The Labute approximate surface area is 170 Å². The van der Waals surface area contributed by atoms with Crippen LogP contribution in [0, 0.1) is 0 Å². The minimum atomic E-state index is -2.83. The van der Waals surface area contributed by atoms with E-state index in [0.717, 1.165) is 25.8 Å². The molecule has 3 rings (SSSR count). The van der Waals surface area contributed by atoms with E-state index in [4.69, 9.17) is 0 Å². The predicted molar refractivity (Wildman–Crippen MR) is 128 cm³/mol. The summed E-state index contributed by atoms with van der Waals surface area (Å²) in [5.74, 6) is 2.31. The molecule has 0 saturated heterocycles. The molecule has 0 unspecified atom stereocenters. The van der Waals surface area contributed by atoms with E-state index in [1.54, 1.807) is 0 Å². The van der Waals surface area contributed by atoms with E-state index in [2.05, 4.69) is 122 Å². The summed E-state index contributed by atoms with van der Waals surface area (Å²) in [6, 6.07) is 33.2. The van der Waals surface area contributed by atoms with Gasteiger partial charge < -0.3 is 0 Å². The van der Waals surface area contributed by atoms with Gasteiger partial charge in [-0.25, -0.2) is 0 Å². The third-order valence-corrected chi connectivity index (χ3v) is 12.6. The molecular formula is C26H32NP. The fraction of sp³-hybridized carbons (Fsp3) is 0.231. The first-order valence-electron chi connectivity index (χ1n) is 10.2. The van der Waals surface area contributed by atoms with Crippen LogP contribution in [0.3, 0.4) is 0 Å². The summed E-state index contributed by atoms with van der Waals surface area (Å²) >= 11 is 0. The van der Waals surface area contributed by atoms with Crippen molar-refractivity contribution in [1.29, 1.82) is 0 Å². The first-order valence-corrected chi connectivity index (χ1v) is 12.7. The van der Waals surface area contributed by atoms with E-state index < -0.39 is 6.60 Å². The standard InChI is InChI=1S/C26H32NP/c1-4-27(5-2)22-23-28(6-3,24-16-10-7-11-17-24,25-18-12-8-13-19-25)26-20-14-9-15-21-26/h6-21H,3-5,22-23H2,1-2H3. The summed E-state index contributed by atoms with van der Waals surface area (Å²) in [4.78, 5) is 2.53. The summed E-state index contributed by atoms with van der Waals surface area (Å²) in [5.41, 5.74) is 0. The average molecular weight is 390 g/mol. The van der Waals surface area contributed by atoms with Gasteiger partial charge in [-0.1, -0.05) is 0 Å². The molecule has 1 nitrogen and oxygen atoms in total. The fourth-order valence-corrected chi connectivity index (χ4v) is 10.2. The Kier molecular flexibility index (Phi) is 6.50. The van der Waals surface area contributed by atoms with Gasteiger partial charge in [0, 0.05) is 0 Å². The molecular weight excluding hydrogens is 357 g/mol. The van der Waals surface area contributed by atoms with E-state index in [1.165, 1.54) is 15.9 Å². The number of rotatable bonds is 9. The maximum absolute atomic E-state index is 4.50. The van der Waals surface area contributed by atoms with Crippen LogP contribution in [0.4, 0.5) is 0 Å². The van der Waals surface area contributed by atoms with Gasteiger partial charge in [0.1, 0.15) is 0 Å². The molecule has 2 heteroatoms. The quantitative estimate of drug-likeness (QED) is 0.466. The second-order valence-corrected chi connectivity index (χ2v) is 12.4. The van der Waals surface area contributed by atoms with Crippen LogP contribution in [-0.2, 0) is 0 Å². The zero-order valence-electron chi connectivity index (χ0n) is 17.2. The minimum absolute atomic E-state index is 1.05. The molecule has 0 atom stereocenters. The van der Waals surface area contributed by atoms with E-state index in [9.17, 15) is 0 Å². The van der Waals surface area contributed by atoms with Gasteiger partial charge in [-0.2, -0.15) is 0 Å². The molecule has 3 aromatic carbocycles. The Hall–Kier alpha value is -2.21. The van der Waals surface area contributed by atoms with Crippen molar-refractivity contribution >= 4 is 22.5 Å². The molecule has 0 radical (unpaired) electrons. The van der Waals surface area contributed by atoms with Gasteiger partial charge in [0.05, 0.1) is 0 Å². The molecule has 0 heterocycles. The van der Waals surface area contributed by atoms with Crippen LogP contribution in [0.25, 0.3) is 0 Å². The van der Waals surface area contributed by atoms with Gasteiger partial charge in [0.25, 0.3) is 0 Å². The topological polar surface area (TPSA) is 3.24 Å². The van der Waals surface area contributed by atoms with Gasteiger partial charge in [0.15, 0.2) is 0 Å². The van der Waals surface area contributed by atoms with Crippen LogP contribution in [0.15, 0.2) is 103 Å². The third kappa shape index (κ3) is 3.34. The van der Waals surface area contributed by atoms with Crippen LogP contribution in [0.5, 0.6) is 0 Å². The van der Waals surface area contributed by atoms with Gasteiger partial charge in [-0.15, -0.1) is 0 Å². The number of hydrogen-bond acceptors (Lipinski definition) is 1.